The van der Waals surface area contributed by atoms with Crippen molar-refractivity contribution in [2.75, 3.05) is 13.7 Å². The number of hydrogen-bond acceptors (Lipinski definition) is 5. The zero-order chi connectivity index (χ0) is 15.6. The lowest BCUT2D eigenvalue weighted by atomic mass is 10.1. The minimum absolute atomic E-state index is 0.880. The van der Waals surface area contributed by atoms with Crippen LogP contribution in [0, 0.1) is 0 Å². The zero-order valence-corrected chi connectivity index (χ0v) is 14.6. The SMILES string of the molecule is COc1ccc(-c2nc(CN3CCc4sccc4C3)cs2)cc1. The van der Waals surface area contributed by atoms with Crippen LogP contribution in [-0.4, -0.2) is 23.5 Å². The molecule has 0 spiro atoms. The van der Waals surface area contributed by atoms with E-state index in [1.165, 1.54) is 17.7 Å². The molecule has 0 fully saturated rings. The molecule has 0 aliphatic carbocycles. The van der Waals surface area contributed by atoms with Gasteiger partial charge >= 0.3 is 0 Å². The molecule has 118 valence electrons. The van der Waals surface area contributed by atoms with Crippen LogP contribution in [0.1, 0.15) is 16.1 Å². The van der Waals surface area contributed by atoms with Crippen LogP contribution in [0.2, 0.25) is 0 Å². The molecule has 0 N–H and O–H groups in total. The average Bonchev–Trinajstić information content (AvgIpc) is 3.24. The standard InChI is InChI=1S/C18H18N2OS2/c1-21-16-4-2-13(3-5-16)18-19-15(12-23-18)11-20-8-6-17-14(10-20)7-9-22-17/h2-5,7,9,12H,6,8,10-11H2,1H3. The molecule has 0 bridgehead atoms. The first-order chi connectivity index (χ1) is 11.3. The van der Waals surface area contributed by atoms with Gasteiger partial charge in [0.1, 0.15) is 10.8 Å². The Balaban J connectivity index is 1.46. The van der Waals surface area contributed by atoms with Gasteiger partial charge in [0, 0.05) is 35.5 Å². The third-order valence-electron chi connectivity index (χ3n) is 4.16. The molecule has 3 aromatic rings. The van der Waals surface area contributed by atoms with Gasteiger partial charge in [-0.15, -0.1) is 22.7 Å². The molecule has 0 amide bonds. The molecule has 0 saturated heterocycles. The highest BCUT2D eigenvalue weighted by Crippen LogP contribution is 2.28. The van der Waals surface area contributed by atoms with Crippen LogP contribution in [0.3, 0.4) is 0 Å². The van der Waals surface area contributed by atoms with Gasteiger partial charge in [-0.25, -0.2) is 4.98 Å². The van der Waals surface area contributed by atoms with Gasteiger partial charge in [-0.1, -0.05) is 0 Å². The highest BCUT2D eigenvalue weighted by Gasteiger charge is 2.18. The summed E-state index contributed by atoms with van der Waals surface area (Å²) in [5, 5.41) is 5.47. The number of fused-ring (bicyclic) bond motifs is 1. The van der Waals surface area contributed by atoms with Gasteiger partial charge in [-0.3, -0.25) is 4.90 Å². The normalized spacial score (nSPS) is 14.7. The number of thiazole rings is 1. The van der Waals surface area contributed by atoms with Gasteiger partial charge in [0.25, 0.3) is 0 Å². The Morgan fingerprint density at radius 3 is 2.87 bits per heavy atom. The molecule has 4 rings (SSSR count). The molecule has 1 aliphatic heterocycles. The second-order valence-electron chi connectivity index (χ2n) is 5.70. The summed E-state index contributed by atoms with van der Waals surface area (Å²) in [6, 6.07) is 10.4. The summed E-state index contributed by atoms with van der Waals surface area (Å²) in [5.74, 6) is 0.880. The number of rotatable bonds is 4. The smallest absolute Gasteiger partial charge is 0.123 e. The van der Waals surface area contributed by atoms with Gasteiger partial charge in [-0.2, -0.15) is 0 Å². The van der Waals surface area contributed by atoms with Crippen LogP contribution >= 0.6 is 22.7 Å². The van der Waals surface area contributed by atoms with Gasteiger partial charge in [-0.05, 0) is 47.7 Å². The molecule has 0 radical (unpaired) electrons. The highest BCUT2D eigenvalue weighted by molar-refractivity contribution is 7.13. The Bertz CT molecular complexity index is 791. The van der Waals surface area contributed by atoms with E-state index in [0.717, 1.165) is 36.0 Å². The number of aromatic nitrogens is 1. The van der Waals surface area contributed by atoms with Crippen LogP contribution < -0.4 is 4.74 Å². The van der Waals surface area contributed by atoms with Crippen LogP contribution in [0.25, 0.3) is 10.6 Å². The molecule has 0 unspecified atom stereocenters. The largest absolute Gasteiger partial charge is 0.497 e. The summed E-state index contributed by atoms with van der Waals surface area (Å²) in [4.78, 5) is 8.85. The fourth-order valence-corrected chi connectivity index (χ4v) is 4.62. The quantitative estimate of drug-likeness (QED) is 0.701. The topological polar surface area (TPSA) is 25.4 Å². The van der Waals surface area contributed by atoms with Crippen LogP contribution in [0.4, 0.5) is 0 Å². The maximum absolute atomic E-state index is 5.21. The Morgan fingerprint density at radius 2 is 2.04 bits per heavy atom. The third-order valence-corrected chi connectivity index (χ3v) is 6.12. The van der Waals surface area contributed by atoms with E-state index in [-0.39, 0.29) is 0 Å². The van der Waals surface area contributed by atoms with Crippen molar-refractivity contribution in [1.29, 1.82) is 0 Å². The summed E-state index contributed by atoms with van der Waals surface area (Å²) >= 11 is 3.60. The molecule has 3 heterocycles. The van der Waals surface area contributed by atoms with Gasteiger partial charge < -0.3 is 4.74 Å². The number of methoxy groups -OCH3 is 1. The number of benzene rings is 1. The Hall–Kier alpha value is -1.69. The molecule has 1 aliphatic rings. The van der Waals surface area contributed by atoms with Crippen molar-refractivity contribution in [2.24, 2.45) is 0 Å². The maximum atomic E-state index is 5.21. The first-order valence-corrected chi connectivity index (χ1v) is 9.44. The predicted octanol–water partition coefficient (Wildman–Crippen LogP) is 4.44. The summed E-state index contributed by atoms with van der Waals surface area (Å²) in [5.41, 5.74) is 3.81. The summed E-state index contributed by atoms with van der Waals surface area (Å²) in [6.07, 6.45) is 1.17. The van der Waals surface area contributed by atoms with Crippen molar-refractivity contribution in [1.82, 2.24) is 9.88 Å². The molecule has 23 heavy (non-hydrogen) atoms. The highest BCUT2D eigenvalue weighted by atomic mass is 32.1. The fraction of sp³-hybridized carbons (Fsp3) is 0.278. The monoisotopic (exact) mass is 342 g/mol. The minimum atomic E-state index is 0.880. The van der Waals surface area contributed by atoms with Crippen LogP contribution in [0.5, 0.6) is 5.75 Å². The number of ether oxygens (including phenoxy) is 1. The fourth-order valence-electron chi connectivity index (χ4n) is 2.92. The summed E-state index contributed by atoms with van der Waals surface area (Å²) < 4.78 is 5.21. The molecule has 1 aromatic carbocycles. The Labute approximate surface area is 144 Å². The lowest BCUT2D eigenvalue weighted by Gasteiger charge is -2.25. The first kappa shape index (κ1) is 14.9. The van der Waals surface area contributed by atoms with Crippen molar-refractivity contribution in [3.05, 3.63) is 57.2 Å². The molecular formula is C18H18N2OS2. The van der Waals surface area contributed by atoms with E-state index in [9.17, 15) is 0 Å². The van der Waals surface area contributed by atoms with E-state index in [1.807, 2.05) is 23.5 Å². The second kappa shape index (κ2) is 6.43. The average molecular weight is 342 g/mol. The minimum Gasteiger partial charge on any atom is -0.497 e. The Kier molecular flexibility index (Phi) is 4.16. The summed E-state index contributed by atoms with van der Waals surface area (Å²) in [6.45, 7) is 3.11. The first-order valence-electron chi connectivity index (χ1n) is 7.68. The van der Waals surface area contributed by atoms with Crippen molar-refractivity contribution >= 4 is 22.7 Å². The van der Waals surface area contributed by atoms with Crippen LogP contribution in [-0.2, 0) is 19.5 Å². The maximum Gasteiger partial charge on any atom is 0.123 e. The molecule has 0 atom stereocenters. The molecular weight excluding hydrogens is 324 g/mol. The van der Waals surface area contributed by atoms with Crippen molar-refractivity contribution in [3.63, 3.8) is 0 Å². The van der Waals surface area contributed by atoms with Crippen molar-refractivity contribution in [2.45, 2.75) is 19.5 Å². The third kappa shape index (κ3) is 3.17. The van der Waals surface area contributed by atoms with Gasteiger partial charge in [0.05, 0.1) is 12.8 Å². The summed E-state index contributed by atoms with van der Waals surface area (Å²) in [7, 11) is 1.69. The van der Waals surface area contributed by atoms with Gasteiger partial charge in [0.15, 0.2) is 0 Å². The lowest BCUT2D eigenvalue weighted by Crippen LogP contribution is -2.29. The van der Waals surface area contributed by atoms with E-state index >= 15 is 0 Å². The molecule has 2 aromatic heterocycles. The number of hydrogen-bond donors (Lipinski definition) is 0. The molecule has 3 nitrogen and oxygen atoms in total. The van der Waals surface area contributed by atoms with E-state index in [1.54, 1.807) is 23.3 Å². The van der Waals surface area contributed by atoms with Crippen LogP contribution in [0.15, 0.2) is 41.1 Å². The lowest BCUT2D eigenvalue weighted by molar-refractivity contribution is 0.245. The predicted molar refractivity (Wildman–Crippen MR) is 96.2 cm³/mol. The second-order valence-corrected chi connectivity index (χ2v) is 7.56. The molecule has 0 saturated carbocycles. The molecule has 5 heteroatoms. The van der Waals surface area contributed by atoms with E-state index in [0.29, 0.717) is 0 Å². The van der Waals surface area contributed by atoms with Crippen molar-refractivity contribution < 1.29 is 4.74 Å². The van der Waals surface area contributed by atoms with E-state index < -0.39 is 0 Å². The van der Waals surface area contributed by atoms with Crippen molar-refractivity contribution in [3.8, 4) is 16.3 Å². The zero-order valence-electron chi connectivity index (χ0n) is 13.0. The van der Waals surface area contributed by atoms with Gasteiger partial charge in [0.2, 0.25) is 0 Å². The number of thiophene rings is 1. The number of nitrogens with zero attached hydrogens (tertiary/aromatic N) is 2. The van der Waals surface area contributed by atoms with E-state index in [2.05, 4.69) is 33.9 Å². The Morgan fingerprint density at radius 1 is 1.17 bits per heavy atom. The van der Waals surface area contributed by atoms with E-state index in [4.69, 9.17) is 9.72 Å².